The highest BCUT2D eigenvalue weighted by Crippen LogP contribution is 2.12. The minimum atomic E-state index is 0.629. The molecule has 0 aromatic rings. The second kappa shape index (κ2) is 8.90. The number of hydrogen-bond acceptors (Lipinski definition) is 3. The van der Waals surface area contributed by atoms with E-state index in [4.69, 9.17) is 4.74 Å². The molecule has 0 aromatic carbocycles. The third kappa shape index (κ3) is 6.39. The highest BCUT2D eigenvalue weighted by atomic mass is 16.5. The van der Waals surface area contributed by atoms with Crippen LogP contribution >= 0.6 is 0 Å². The molecule has 0 aliphatic carbocycles. The molecule has 3 heteroatoms. The molecule has 0 spiro atoms. The SMILES string of the molecule is COCCN(CCCC1CCCCN1)C(C)C. The summed E-state index contributed by atoms with van der Waals surface area (Å²) in [6.07, 6.45) is 6.78. The minimum absolute atomic E-state index is 0.629. The summed E-state index contributed by atoms with van der Waals surface area (Å²) < 4.78 is 5.16. The van der Waals surface area contributed by atoms with Gasteiger partial charge in [0.25, 0.3) is 0 Å². The van der Waals surface area contributed by atoms with Crippen molar-refractivity contribution in [1.29, 1.82) is 0 Å². The Hall–Kier alpha value is -0.120. The molecule has 0 radical (unpaired) electrons. The lowest BCUT2D eigenvalue weighted by Gasteiger charge is -2.28. The van der Waals surface area contributed by atoms with Crippen molar-refractivity contribution in [2.75, 3.05) is 33.4 Å². The summed E-state index contributed by atoms with van der Waals surface area (Å²) in [5.74, 6) is 0. The van der Waals surface area contributed by atoms with Crippen molar-refractivity contribution in [2.24, 2.45) is 0 Å². The molecule has 0 bridgehead atoms. The first-order valence-corrected chi connectivity index (χ1v) is 7.20. The molecular weight excluding hydrogens is 212 g/mol. The van der Waals surface area contributed by atoms with Crippen LogP contribution in [0.15, 0.2) is 0 Å². The molecule has 102 valence electrons. The largest absolute Gasteiger partial charge is 0.383 e. The number of rotatable bonds is 8. The standard InChI is InChI=1S/C14H30N2O/c1-13(2)16(11-12-17-3)10-6-8-14-7-4-5-9-15-14/h13-15H,4-12H2,1-3H3. The number of hydrogen-bond donors (Lipinski definition) is 1. The van der Waals surface area contributed by atoms with Gasteiger partial charge in [0.05, 0.1) is 6.61 Å². The Morgan fingerprint density at radius 3 is 2.71 bits per heavy atom. The fraction of sp³-hybridized carbons (Fsp3) is 1.00. The highest BCUT2D eigenvalue weighted by Gasteiger charge is 2.13. The van der Waals surface area contributed by atoms with E-state index in [1.807, 2.05) is 0 Å². The monoisotopic (exact) mass is 242 g/mol. The molecule has 1 heterocycles. The molecule has 0 saturated carbocycles. The zero-order valence-corrected chi connectivity index (χ0v) is 11.9. The van der Waals surface area contributed by atoms with Crippen LogP contribution in [-0.2, 0) is 4.74 Å². The van der Waals surface area contributed by atoms with Crippen LogP contribution in [0.3, 0.4) is 0 Å². The van der Waals surface area contributed by atoms with E-state index in [-0.39, 0.29) is 0 Å². The second-order valence-electron chi connectivity index (χ2n) is 5.41. The van der Waals surface area contributed by atoms with Crippen LogP contribution in [0, 0.1) is 0 Å². The van der Waals surface area contributed by atoms with Crippen molar-refractivity contribution in [3.05, 3.63) is 0 Å². The van der Waals surface area contributed by atoms with Gasteiger partial charge in [-0.1, -0.05) is 6.42 Å². The van der Waals surface area contributed by atoms with Gasteiger partial charge in [0, 0.05) is 25.7 Å². The maximum Gasteiger partial charge on any atom is 0.0589 e. The van der Waals surface area contributed by atoms with Gasteiger partial charge in [-0.05, 0) is 52.6 Å². The van der Waals surface area contributed by atoms with Crippen molar-refractivity contribution in [3.63, 3.8) is 0 Å². The molecule has 17 heavy (non-hydrogen) atoms. The van der Waals surface area contributed by atoms with Crippen molar-refractivity contribution < 1.29 is 4.74 Å². The van der Waals surface area contributed by atoms with E-state index in [0.29, 0.717) is 6.04 Å². The van der Waals surface area contributed by atoms with Crippen LogP contribution in [0.1, 0.15) is 46.0 Å². The topological polar surface area (TPSA) is 24.5 Å². The van der Waals surface area contributed by atoms with E-state index in [0.717, 1.165) is 19.2 Å². The minimum Gasteiger partial charge on any atom is -0.383 e. The van der Waals surface area contributed by atoms with Crippen LogP contribution in [0.2, 0.25) is 0 Å². The molecule has 1 unspecified atom stereocenters. The summed E-state index contributed by atoms with van der Waals surface area (Å²) in [7, 11) is 1.78. The Balaban J connectivity index is 2.12. The first-order valence-electron chi connectivity index (χ1n) is 7.20. The van der Waals surface area contributed by atoms with E-state index < -0.39 is 0 Å². The summed E-state index contributed by atoms with van der Waals surface area (Å²) in [6.45, 7) is 8.89. The van der Waals surface area contributed by atoms with E-state index in [1.165, 1.54) is 45.2 Å². The maximum absolute atomic E-state index is 5.16. The number of nitrogens with zero attached hydrogens (tertiary/aromatic N) is 1. The lowest BCUT2D eigenvalue weighted by atomic mass is 10.0. The first kappa shape index (κ1) is 14.9. The van der Waals surface area contributed by atoms with Crippen LogP contribution in [0.5, 0.6) is 0 Å². The zero-order valence-electron chi connectivity index (χ0n) is 11.9. The predicted octanol–water partition coefficient (Wildman–Crippen LogP) is 2.27. The second-order valence-corrected chi connectivity index (χ2v) is 5.41. The van der Waals surface area contributed by atoms with Crippen LogP contribution in [0.25, 0.3) is 0 Å². The van der Waals surface area contributed by atoms with Crippen molar-refractivity contribution >= 4 is 0 Å². The van der Waals surface area contributed by atoms with Gasteiger partial charge in [-0.15, -0.1) is 0 Å². The molecule has 1 fully saturated rings. The highest BCUT2D eigenvalue weighted by molar-refractivity contribution is 4.73. The quantitative estimate of drug-likeness (QED) is 0.706. The number of methoxy groups -OCH3 is 1. The van der Waals surface area contributed by atoms with Gasteiger partial charge in [0.15, 0.2) is 0 Å². The average Bonchev–Trinajstić information content (AvgIpc) is 2.34. The summed E-state index contributed by atoms with van der Waals surface area (Å²) in [6, 6.07) is 1.41. The number of ether oxygens (including phenoxy) is 1. The summed E-state index contributed by atoms with van der Waals surface area (Å²) in [5, 5.41) is 3.62. The fourth-order valence-corrected chi connectivity index (χ4v) is 2.55. The molecule has 1 saturated heterocycles. The number of piperidine rings is 1. The first-order chi connectivity index (χ1) is 8.24. The van der Waals surface area contributed by atoms with Crippen LogP contribution in [0.4, 0.5) is 0 Å². The predicted molar refractivity (Wildman–Crippen MR) is 73.5 cm³/mol. The molecule has 1 N–H and O–H groups in total. The smallest absolute Gasteiger partial charge is 0.0589 e. The van der Waals surface area contributed by atoms with Gasteiger partial charge in [-0.2, -0.15) is 0 Å². The molecule has 3 nitrogen and oxygen atoms in total. The van der Waals surface area contributed by atoms with Crippen molar-refractivity contribution in [2.45, 2.75) is 58.0 Å². The van der Waals surface area contributed by atoms with E-state index in [2.05, 4.69) is 24.1 Å². The molecule has 1 aliphatic heterocycles. The molecule has 1 atom stereocenters. The molecule has 0 aromatic heterocycles. The molecule has 1 rings (SSSR count). The molecule has 1 aliphatic rings. The Bertz CT molecular complexity index is 179. The Kier molecular flexibility index (Phi) is 7.82. The van der Waals surface area contributed by atoms with Crippen molar-refractivity contribution in [3.8, 4) is 0 Å². The summed E-state index contributed by atoms with van der Waals surface area (Å²) in [5.41, 5.74) is 0. The van der Waals surface area contributed by atoms with E-state index in [1.54, 1.807) is 7.11 Å². The molecule has 0 amide bonds. The van der Waals surface area contributed by atoms with E-state index in [9.17, 15) is 0 Å². The van der Waals surface area contributed by atoms with Gasteiger partial charge < -0.3 is 10.1 Å². The van der Waals surface area contributed by atoms with E-state index >= 15 is 0 Å². The average molecular weight is 242 g/mol. The molecular formula is C14H30N2O. The lowest BCUT2D eigenvalue weighted by Crippen LogP contribution is -2.37. The third-order valence-electron chi connectivity index (χ3n) is 3.72. The fourth-order valence-electron chi connectivity index (χ4n) is 2.55. The maximum atomic E-state index is 5.16. The lowest BCUT2D eigenvalue weighted by molar-refractivity contribution is 0.127. The Morgan fingerprint density at radius 1 is 1.29 bits per heavy atom. The summed E-state index contributed by atoms with van der Waals surface area (Å²) in [4.78, 5) is 2.52. The summed E-state index contributed by atoms with van der Waals surface area (Å²) >= 11 is 0. The zero-order chi connectivity index (χ0) is 12.5. The van der Waals surface area contributed by atoms with Gasteiger partial charge in [-0.3, -0.25) is 4.90 Å². The Labute approximate surface area is 107 Å². The van der Waals surface area contributed by atoms with Gasteiger partial charge in [-0.25, -0.2) is 0 Å². The van der Waals surface area contributed by atoms with Crippen LogP contribution < -0.4 is 5.32 Å². The van der Waals surface area contributed by atoms with Crippen molar-refractivity contribution in [1.82, 2.24) is 10.2 Å². The normalized spacial score (nSPS) is 21.4. The van der Waals surface area contributed by atoms with Gasteiger partial charge in [0.1, 0.15) is 0 Å². The van der Waals surface area contributed by atoms with Gasteiger partial charge in [0.2, 0.25) is 0 Å². The number of nitrogens with one attached hydrogen (secondary N) is 1. The van der Waals surface area contributed by atoms with Crippen LogP contribution in [-0.4, -0.2) is 50.3 Å². The Morgan fingerprint density at radius 2 is 2.12 bits per heavy atom. The third-order valence-corrected chi connectivity index (χ3v) is 3.72. The van der Waals surface area contributed by atoms with Gasteiger partial charge >= 0.3 is 0 Å².